The molecule has 1 heterocycles. The average Bonchev–Trinajstić information content (AvgIpc) is 3.63. The number of hydrogen-bond acceptors (Lipinski definition) is 6. The maximum atomic E-state index is 12.7. The molecule has 1 aliphatic rings. The van der Waals surface area contributed by atoms with Gasteiger partial charge in [-0.05, 0) is 60.9 Å². The number of benzene rings is 2. The molecule has 2 aromatic carbocycles. The van der Waals surface area contributed by atoms with Crippen molar-refractivity contribution in [2.45, 2.75) is 56.6 Å². The van der Waals surface area contributed by atoms with Gasteiger partial charge in [0, 0.05) is 11.3 Å². The van der Waals surface area contributed by atoms with Gasteiger partial charge in [-0.15, -0.1) is 10.2 Å². The second-order valence-electron chi connectivity index (χ2n) is 10.1. The van der Waals surface area contributed by atoms with Crippen LogP contribution < -0.4 is 10.1 Å². The number of amides is 1. The van der Waals surface area contributed by atoms with Crippen molar-refractivity contribution in [1.82, 2.24) is 20.1 Å². The van der Waals surface area contributed by atoms with E-state index in [1.54, 1.807) is 14.0 Å². The second-order valence-corrected chi connectivity index (χ2v) is 11.0. The van der Waals surface area contributed by atoms with E-state index in [2.05, 4.69) is 66.6 Å². The summed E-state index contributed by atoms with van der Waals surface area (Å²) in [6, 6.07) is 18.3. The normalized spacial score (nSPS) is 15.2. The predicted octanol–water partition coefficient (Wildman–Crippen LogP) is 5.14. The average molecular weight is 490 g/mol. The minimum absolute atomic E-state index is 0.0505. The maximum absolute atomic E-state index is 12.7. The van der Waals surface area contributed by atoms with Gasteiger partial charge in [0.15, 0.2) is 11.0 Å². The van der Waals surface area contributed by atoms with Crippen molar-refractivity contribution in [3.8, 4) is 28.9 Å². The van der Waals surface area contributed by atoms with Gasteiger partial charge in [0.2, 0.25) is 5.91 Å². The number of nitriles is 1. The molecule has 1 atom stereocenters. The molecule has 4 rings (SSSR count). The van der Waals surface area contributed by atoms with Crippen LogP contribution in [0.2, 0.25) is 0 Å². The first-order valence-corrected chi connectivity index (χ1v) is 12.7. The lowest BCUT2D eigenvalue weighted by Gasteiger charge is -2.22. The third-order valence-electron chi connectivity index (χ3n) is 6.33. The summed E-state index contributed by atoms with van der Waals surface area (Å²) in [5.41, 5.74) is 2.27. The van der Waals surface area contributed by atoms with Crippen LogP contribution in [0.25, 0.3) is 17.1 Å². The van der Waals surface area contributed by atoms with Crippen LogP contribution >= 0.6 is 11.8 Å². The van der Waals surface area contributed by atoms with Crippen LogP contribution in [0.15, 0.2) is 53.7 Å². The molecule has 1 N–H and O–H groups in total. The monoisotopic (exact) mass is 489 g/mol. The molecule has 0 radical (unpaired) electrons. The molecule has 7 nitrogen and oxygen atoms in total. The third kappa shape index (κ3) is 5.51. The van der Waals surface area contributed by atoms with Crippen LogP contribution in [0.1, 0.15) is 46.1 Å². The molecule has 35 heavy (non-hydrogen) atoms. The Morgan fingerprint density at radius 3 is 2.31 bits per heavy atom. The first-order chi connectivity index (χ1) is 16.6. The van der Waals surface area contributed by atoms with Crippen molar-refractivity contribution in [3.05, 3.63) is 54.1 Å². The lowest BCUT2D eigenvalue weighted by Crippen LogP contribution is -2.47. The highest BCUT2D eigenvalue weighted by Crippen LogP contribution is 2.39. The predicted molar refractivity (Wildman–Crippen MR) is 138 cm³/mol. The topological polar surface area (TPSA) is 92.8 Å². The van der Waals surface area contributed by atoms with E-state index in [0.29, 0.717) is 11.0 Å². The van der Waals surface area contributed by atoms with E-state index in [-0.39, 0.29) is 23.0 Å². The third-order valence-corrected chi connectivity index (χ3v) is 7.26. The highest BCUT2D eigenvalue weighted by molar-refractivity contribution is 7.99. The van der Waals surface area contributed by atoms with Crippen LogP contribution in [-0.4, -0.2) is 39.1 Å². The molecule has 0 spiro atoms. The number of nitrogens with one attached hydrogen (secondary N) is 1. The fourth-order valence-electron chi connectivity index (χ4n) is 3.97. The summed E-state index contributed by atoms with van der Waals surface area (Å²) in [5.74, 6) is 1.63. The van der Waals surface area contributed by atoms with Gasteiger partial charge in [0.05, 0.1) is 18.9 Å². The lowest BCUT2D eigenvalue weighted by molar-refractivity contribution is -0.119. The summed E-state index contributed by atoms with van der Waals surface area (Å²) in [6.07, 6.45) is 1.95. The Labute approximate surface area is 210 Å². The second kappa shape index (κ2) is 9.74. The van der Waals surface area contributed by atoms with E-state index in [4.69, 9.17) is 4.74 Å². The highest BCUT2D eigenvalue weighted by atomic mass is 32.2. The Morgan fingerprint density at radius 2 is 1.77 bits per heavy atom. The molecule has 3 aromatic rings. The number of hydrogen-bond donors (Lipinski definition) is 1. The van der Waals surface area contributed by atoms with Crippen molar-refractivity contribution in [3.63, 3.8) is 0 Å². The van der Waals surface area contributed by atoms with Crippen LogP contribution in [0.3, 0.4) is 0 Å². The molecule has 1 unspecified atom stereocenters. The van der Waals surface area contributed by atoms with Gasteiger partial charge in [-0.1, -0.05) is 56.8 Å². The van der Waals surface area contributed by atoms with E-state index < -0.39 is 5.54 Å². The summed E-state index contributed by atoms with van der Waals surface area (Å²) in [7, 11) is 1.63. The number of carbonyl (C=O) groups excluding carboxylic acids is 1. The Morgan fingerprint density at radius 1 is 1.11 bits per heavy atom. The molecule has 1 aliphatic carbocycles. The van der Waals surface area contributed by atoms with Crippen molar-refractivity contribution in [1.29, 1.82) is 5.26 Å². The van der Waals surface area contributed by atoms with Gasteiger partial charge in [-0.25, -0.2) is 0 Å². The van der Waals surface area contributed by atoms with E-state index in [1.165, 1.54) is 17.3 Å². The van der Waals surface area contributed by atoms with Crippen LogP contribution in [0.4, 0.5) is 0 Å². The first kappa shape index (κ1) is 24.8. The Balaban J connectivity index is 1.62. The number of rotatable bonds is 8. The van der Waals surface area contributed by atoms with Gasteiger partial charge in [-0.2, -0.15) is 5.26 Å². The number of ether oxygens (including phenoxy) is 1. The van der Waals surface area contributed by atoms with Gasteiger partial charge >= 0.3 is 0 Å². The summed E-state index contributed by atoms with van der Waals surface area (Å²) in [5, 5.41) is 22.0. The zero-order valence-corrected chi connectivity index (χ0v) is 21.6. The number of carbonyl (C=O) groups is 1. The minimum Gasteiger partial charge on any atom is -0.497 e. The summed E-state index contributed by atoms with van der Waals surface area (Å²) >= 11 is 1.30. The lowest BCUT2D eigenvalue weighted by atomic mass is 9.87. The zero-order chi connectivity index (χ0) is 25.2. The molecular formula is C27H31N5O2S. The molecule has 0 bridgehead atoms. The van der Waals surface area contributed by atoms with E-state index in [9.17, 15) is 10.1 Å². The number of methoxy groups -OCH3 is 1. The Bertz CT molecular complexity index is 1230. The Kier molecular flexibility index (Phi) is 6.91. The van der Waals surface area contributed by atoms with E-state index in [1.807, 2.05) is 28.8 Å². The van der Waals surface area contributed by atoms with Crippen molar-refractivity contribution in [2.75, 3.05) is 12.9 Å². The molecule has 0 aliphatic heterocycles. The smallest absolute Gasteiger partial charge is 0.231 e. The molecule has 1 fully saturated rings. The Hall–Kier alpha value is -3.31. The fourth-order valence-corrected chi connectivity index (χ4v) is 4.72. The molecule has 182 valence electrons. The van der Waals surface area contributed by atoms with E-state index in [0.717, 1.165) is 29.8 Å². The number of thioether (sulfide) groups is 1. The van der Waals surface area contributed by atoms with Crippen molar-refractivity contribution >= 4 is 17.7 Å². The summed E-state index contributed by atoms with van der Waals surface area (Å²) in [4.78, 5) is 12.7. The van der Waals surface area contributed by atoms with Crippen molar-refractivity contribution < 1.29 is 9.53 Å². The van der Waals surface area contributed by atoms with Gasteiger partial charge in [0.1, 0.15) is 11.3 Å². The van der Waals surface area contributed by atoms with E-state index >= 15 is 0 Å². The fraction of sp³-hybridized carbons (Fsp3) is 0.407. The summed E-state index contributed by atoms with van der Waals surface area (Å²) in [6.45, 7) is 8.35. The van der Waals surface area contributed by atoms with Crippen molar-refractivity contribution in [2.24, 2.45) is 5.92 Å². The standard InChI is InChI=1S/C27H31N5O2S/c1-26(2,3)19-8-6-18(7-9-19)24-30-31-25(32(24)21-12-14-22(34-5)15-13-21)35-16-23(33)29-27(4,17-28)20-10-11-20/h6-9,12-15,20H,10-11,16H2,1-5H3,(H,29,33). The largest absolute Gasteiger partial charge is 0.497 e. The maximum Gasteiger partial charge on any atom is 0.231 e. The van der Waals surface area contributed by atoms with Crippen LogP contribution in [-0.2, 0) is 10.2 Å². The molecule has 8 heteroatoms. The van der Waals surface area contributed by atoms with Gasteiger partial charge < -0.3 is 10.1 Å². The molecule has 1 aromatic heterocycles. The van der Waals surface area contributed by atoms with Crippen LogP contribution in [0.5, 0.6) is 5.75 Å². The number of aromatic nitrogens is 3. The van der Waals surface area contributed by atoms with Crippen LogP contribution in [0, 0.1) is 17.2 Å². The molecule has 1 saturated carbocycles. The number of nitrogens with zero attached hydrogens (tertiary/aromatic N) is 4. The highest BCUT2D eigenvalue weighted by Gasteiger charge is 2.43. The van der Waals surface area contributed by atoms with Gasteiger partial charge in [0.25, 0.3) is 0 Å². The molecular weight excluding hydrogens is 458 g/mol. The minimum atomic E-state index is -0.818. The summed E-state index contributed by atoms with van der Waals surface area (Å²) < 4.78 is 7.26. The van der Waals surface area contributed by atoms with Gasteiger partial charge in [-0.3, -0.25) is 9.36 Å². The quantitative estimate of drug-likeness (QED) is 0.441. The zero-order valence-electron chi connectivity index (χ0n) is 20.8. The molecule has 1 amide bonds. The SMILES string of the molecule is COc1ccc(-n2c(SCC(=O)NC(C)(C#N)C3CC3)nnc2-c2ccc(C(C)(C)C)cc2)cc1. The molecule has 0 saturated heterocycles. The first-order valence-electron chi connectivity index (χ1n) is 11.7.